The van der Waals surface area contributed by atoms with Gasteiger partial charge in [-0.1, -0.05) is 12.1 Å². The first-order valence-electron chi connectivity index (χ1n) is 8.69. The number of benzene rings is 2. The minimum Gasteiger partial charge on any atom is -0.369 e. The van der Waals surface area contributed by atoms with Crippen molar-refractivity contribution in [2.24, 2.45) is 4.99 Å². The van der Waals surface area contributed by atoms with Crippen LogP contribution < -0.4 is 10.2 Å². The van der Waals surface area contributed by atoms with E-state index in [1.54, 1.807) is 5.41 Å². The number of nitrogens with one attached hydrogen (secondary N) is 1. The van der Waals surface area contributed by atoms with Gasteiger partial charge >= 0.3 is 0 Å². The largest absolute Gasteiger partial charge is 0.369 e. The van der Waals surface area contributed by atoms with Gasteiger partial charge in [0.2, 0.25) is 0 Å². The second-order valence-electron chi connectivity index (χ2n) is 6.38. The summed E-state index contributed by atoms with van der Waals surface area (Å²) in [7, 11) is 2.13. The van der Waals surface area contributed by atoms with Crippen molar-refractivity contribution in [1.82, 2.24) is 10.2 Å². The van der Waals surface area contributed by atoms with Crippen LogP contribution in [0.1, 0.15) is 5.56 Å². The molecule has 4 nitrogen and oxygen atoms in total. The van der Waals surface area contributed by atoms with E-state index in [1.807, 2.05) is 12.1 Å². The average molecular weight is 388 g/mol. The highest BCUT2D eigenvalue weighted by Gasteiger charge is 2.14. The number of piperazine rings is 1. The molecule has 1 saturated heterocycles. The number of anilines is 1. The molecule has 0 atom stereocenters. The lowest BCUT2D eigenvalue weighted by atomic mass is 10.1. The minimum atomic E-state index is -0.707. The monoisotopic (exact) mass is 388 g/mol. The van der Waals surface area contributed by atoms with Crippen molar-refractivity contribution in [2.45, 2.75) is 0 Å². The zero-order chi connectivity index (χ0) is 19.2. The van der Waals surface area contributed by atoms with Crippen molar-refractivity contribution < 1.29 is 8.78 Å². The highest BCUT2D eigenvalue weighted by Crippen LogP contribution is 2.21. The van der Waals surface area contributed by atoms with Crippen LogP contribution in [0.25, 0.3) is 5.70 Å². The molecule has 3 rings (SSSR count). The molecule has 1 aliphatic rings. The summed E-state index contributed by atoms with van der Waals surface area (Å²) in [6.45, 7) is 4.14. The van der Waals surface area contributed by atoms with Gasteiger partial charge in [0.25, 0.3) is 0 Å². The van der Waals surface area contributed by atoms with Crippen molar-refractivity contribution in [3.8, 4) is 0 Å². The van der Waals surface area contributed by atoms with E-state index < -0.39 is 11.6 Å². The minimum absolute atomic E-state index is 0.0628. The third kappa shape index (κ3) is 5.08. The number of likely N-dealkylation sites (N-methyl/N-ethyl adjacent to an activating group) is 1. The van der Waals surface area contributed by atoms with Crippen molar-refractivity contribution in [3.63, 3.8) is 0 Å². The molecule has 7 heteroatoms. The molecule has 0 radical (unpaired) electrons. The second-order valence-corrected chi connectivity index (χ2v) is 6.64. The first-order valence-corrected chi connectivity index (χ1v) is 9.21. The quantitative estimate of drug-likeness (QED) is 0.463. The summed E-state index contributed by atoms with van der Waals surface area (Å²) in [5, 5.41) is 4.62. The van der Waals surface area contributed by atoms with E-state index in [0.29, 0.717) is 0 Å². The van der Waals surface area contributed by atoms with Gasteiger partial charge in [0.15, 0.2) is 5.82 Å². The van der Waals surface area contributed by atoms with E-state index in [4.69, 9.17) is 0 Å². The van der Waals surface area contributed by atoms with Crippen LogP contribution in [0.4, 0.5) is 20.2 Å². The van der Waals surface area contributed by atoms with E-state index in [9.17, 15) is 8.78 Å². The Bertz CT molecular complexity index is 828. The molecule has 0 bridgehead atoms. The summed E-state index contributed by atoms with van der Waals surface area (Å²) in [4.78, 5) is 8.67. The molecule has 2 aromatic rings. The highest BCUT2D eigenvalue weighted by atomic mass is 32.1. The summed E-state index contributed by atoms with van der Waals surface area (Å²) in [5.41, 5.74) is 2.92. The third-order valence-electron chi connectivity index (χ3n) is 4.51. The fourth-order valence-corrected chi connectivity index (χ4v) is 3.09. The van der Waals surface area contributed by atoms with E-state index >= 15 is 0 Å². The molecule has 0 spiro atoms. The SMILES string of the molecule is CN1CCN(c2ccc(/C(=C/S)NC=Nc3ccc(F)cc3F)cc2)CC1. The maximum Gasteiger partial charge on any atom is 0.151 e. The van der Waals surface area contributed by atoms with Gasteiger partial charge in [-0.2, -0.15) is 0 Å². The Morgan fingerprint density at radius 1 is 1.07 bits per heavy atom. The molecule has 1 fully saturated rings. The van der Waals surface area contributed by atoms with Crippen LogP contribution in [-0.4, -0.2) is 44.5 Å². The number of hydrogen-bond donors (Lipinski definition) is 2. The molecule has 0 unspecified atom stereocenters. The van der Waals surface area contributed by atoms with Crippen molar-refractivity contribution >= 4 is 36.0 Å². The molecule has 27 heavy (non-hydrogen) atoms. The summed E-state index contributed by atoms with van der Waals surface area (Å²) in [5.74, 6) is -1.34. The maximum absolute atomic E-state index is 13.6. The number of aliphatic imine (C=N–C) groups is 1. The van der Waals surface area contributed by atoms with Crippen LogP contribution in [0.2, 0.25) is 0 Å². The van der Waals surface area contributed by atoms with Crippen LogP contribution in [-0.2, 0) is 0 Å². The van der Waals surface area contributed by atoms with Crippen LogP contribution in [0.15, 0.2) is 52.9 Å². The fraction of sp³-hybridized carbons (Fsp3) is 0.250. The second kappa shape index (κ2) is 9.01. The van der Waals surface area contributed by atoms with Crippen molar-refractivity contribution in [1.29, 1.82) is 0 Å². The predicted octanol–water partition coefficient (Wildman–Crippen LogP) is 3.89. The molecule has 1 heterocycles. The summed E-state index contributed by atoms with van der Waals surface area (Å²) in [6.07, 6.45) is 1.37. The van der Waals surface area contributed by atoms with Gasteiger partial charge in [-0.15, -0.1) is 12.6 Å². The number of hydrogen-bond acceptors (Lipinski definition) is 4. The Morgan fingerprint density at radius 3 is 2.41 bits per heavy atom. The summed E-state index contributed by atoms with van der Waals surface area (Å²) >= 11 is 4.23. The van der Waals surface area contributed by atoms with E-state index in [0.717, 1.165) is 43.5 Å². The van der Waals surface area contributed by atoms with Gasteiger partial charge in [0, 0.05) is 37.9 Å². The molecule has 0 aromatic heterocycles. The lowest BCUT2D eigenvalue weighted by molar-refractivity contribution is 0.313. The van der Waals surface area contributed by atoms with Gasteiger partial charge in [0.05, 0.1) is 12.0 Å². The van der Waals surface area contributed by atoms with Gasteiger partial charge in [-0.05, 0) is 42.3 Å². The van der Waals surface area contributed by atoms with Crippen LogP contribution >= 0.6 is 12.6 Å². The van der Waals surface area contributed by atoms with Crippen LogP contribution in [0, 0.1) is 11.6 Å². The maximum atomic E-state index is 13.6. The zero-order valence-corrected chi connectivity index (χ0v) is 16.0. The Kier molecular flexibility index (Phi) is 6.47. The van der Waals surface area contributed by atoms with Gasteiger partial charge < -0.3 is 15.1 Å². The highest BCUT2D eigenvalue weighted by molar-refractivity contribution is 7.83. The Balaban J connectivity index is 1.64. The number of rotatable bonds is 5. The predicted molar refractivity (Wildman–Crippen MR) is 111 cm³/mol. The number of halogens is 2. The lowest BCUT2D eigenvalue weighted by Crippen LogP contribution is -2.44. The fourth-order valence-electron chi connectivity index (χ4n) is 2.87. The smallest absolute Gasteiger partial charge is 0.151 e. The summed E-state index contributed by atoms with van der Waals surface area (Å²) in [6, 6.07) is 11.4. The Hall–Kier alpha value is -2.38. The molecule has 1 N–H and O–H groups in total. The van der Waals surface area contributed by atoms with E-state index in [-0.39, 0.29) is 5.69 Å². The zero-order valence-electron chi connectivity index (χ0n) is 15.1. The number of thiol groups is 1. The van der Waals surface area contributed by atoms with E-state index in [1.165, 1.54) is 24.2 Å². The molecule has 0 amide bonds. The molecule has 142 valence electrons. The Labute approximate surface area is 163 Å². The van der Waals surface area contributed by atoms with Crippen LogP contribution in [0.3, 0.4) is 0 Å². The molecule has 0 saturated carbocycles. The van der Waals surface area contributed by atoms with Crippen molar-refractivity contribution in [2.75, 3.05) is 38.1 Å². The molecular weight excluding hydrogens is 366 g/mol. The normalized spacial score (nSPS) is 16.1. The first-order chi connectivity index (χ1) is 13.1. The molecular formula is C20H22F2N4S. The van der Waals surface area contributed by atoms with E-state index in [2.05, 4.69) is 51.9 Å². The molecule has 2 aromatic carbocycles. The average Bonchev–Trinajstić information content (AvgIpc) is 2.68. The molecule has 1 aliphatic heterocycles. The van der Waals surface area contributed by atoms with Gasteiger partial charge in [-0.3, -0.25) is 0 Å². The van der Waals surface area contributed by atoms with Crippen LogP contribution in [0.5, 0.6) is 0 Å². The third-order valence-corrected chi connectivity index (χ3v) is 4.77. The standard InChI is InChI=1S/C20H22F2N4S/c1-25-8-10-26(11-9-25)17-5-2-15(3-6-17)20(13-27)24-14-23-19-7-4-16(21)12-18(19)22/h2-7,12-14,27H,8-11H2,1H3,(H,23,24)/b20-13-. The lowest BCUT2D eigenvalue weighted by Gasteiger charge is -2.34. The Morgan fingerprint density at radius 2 is 1.78 bits per heavy atom. The summed E-state index contributed by atoms with van der Waals surface area (Å²) < 4.78 is 26.5. The van der Waals surface area contributed by atoms with Gasteiger partial charge in [0.1, 0.15) is 11.5 Å². The topological polar surface area (TPSA) is 30.9 Å². The van der Waals surface area contributed by atoms with Crippen molar-refractivity contribution in [3.05, 3.63) is 65.1 Å². The van der Waals surface area contributed by atoms with Gasteiger partial charge in [-0.25, -0.2) is 13.8 Å². The first kappa shape index (κ1) is 19.4. The number of nitrogens with zero attached hydrogens (tertiary/aromatic N) is 3. The molecule has 0 aliphatic carbocycles.